The van der Waals surface area contributed by atoms with Crippen molar-refractivity contribution in [2.24, 2.45) is 0 Å². The summed E-state index contributed by atoms with van der Waals surface area (Å²) in [4.78, 5) is 13.3. The second-order valence-electron chi connectivity index (χ2n) is 4.58. The van der Waals surface area contributed by atoms with Gasteiger partial charge in [0.2, 0.25) is 0 Å². The summed E-state index contributed by atoms with van der Waals surface area (Å²) in [6.45, 7) is 3.57. The Bertz CT molecular complexity index is 597. The highest BCUT2D eigenvalue weighted by Crippen LogP contribution is 2.22. The summed E-state index contributed by atoms with van der Waals surface area (Å²) in [5.41, 5.74) is 8.17. The molecule has 20 heavy (non-hydrogen) atoms. The van der Waals surface area contributed by atoms with Crippen molar-refractivity contribution in [2.45, 2.75) is 13.5 Å². The Morgan fingerprint density at radius 3 is 2.50 bits per heavy atom. The van der Waals surface area contributed by atoms with E-state index in [1.807, 2.05) is 31.2 Å². The topological polar surface area (TPSA) is 66.6 Å². The van der Waals surface area contributed by atoms with Crippen LogP contribution in [0.2, 0.25) is 0 Å². The van der Waals surface area contributed by atoms with Gasteiger partial charge in [-0.1, -0.05) is 30.3 Å². The number of anilines is 2. The van der Waals surface area contributed by atoms with Crippen LogP contribution in [0, 0.1) is 0 Å². The summed E-state index contributed by atoms with van der Waals surface area (Å²) in [6.07, 6.45) is 0. The number of carboxylic acids is 1. The predicted molar refractivity (Wildman–Crippen MR) is 81.0 cm³/mol. The van der Waals surface area contributed by atoms with Gasteiger partial charge in [0.05, 0.1) is 5.56 Å². The molecule has 4 heteroatoms. The Kier molecular flexibility index (Phi) is 4.25. The molecule has 0 aromatic heterocycles. The number of nitrogens with two attached hydrogens (primary N) is 1. The molecule has 2 rings (SSSR count). The first-order valence-corrected chi connectivity index (χ1v) is 6.53. The highest BCUT2D eigenvalue weighted by molar-refractivity contribution is 5.94. The van der Waals surface area contributed by atoms with E-state index in [1.165, 1.54) is 5.56 Å². The van der Waals surface area contributed by atoms with Crippen LogP contribution in [-0.2, 0) is 6.54 Å². The second kappa shape index (κ2) is 6.10. The summed E-state index contributed by atoms with van der Waals surface area (Å²) in [5, 5.41) is 9.14. The van der Waals surface area contributed by atoms with Crippen molar-refractivity contribution in [1.29, 1.82) is 0 Å². The minimum atomic E-state index is -1.000. The third-order valence-electron chi connectivity index (χ3n) is 3.23. The second-order valence-corrected chi connectivity index (χ2v) is 4.58. The summed E-state index contributed by atoms with van der Waals surface area (Å²) in [7, 11) is 0. The molecule has 0 aliphatic heterocycles. The zero-order valence-corrected chi connectivity index (χ0v) is 11.4. The van der Waals surface area contributed by atoms with Crippen LogP contribution >= 0.6 is 0 Å². The van der Waals surface area contributed by atoms with E-state index >= 15 is 0 Å². The van der Waals surface area contributed by atoms with Crippen molar-refractivity contribution in [2.75, 3.05) is 17.2 Å². The smallest absolute Gasteiger partial charge is 0.337 e. The molecule has 3 N–H and O–H groups in total. The summed E-state index contributed by atoms with van der Waals surface area (Å²) < 4.78 is 0. The van der Waals surface area contributed by atoms with Gasteiger partial charge >= 0.3 is 5.97 Å². The number of hydrogen-bond acceptors (Lipinski definition) is 3. The van der Waals surface area contributed by atoms with Crippen molar-refractivity contribution < 1.29 is 9.90 Å². The molecule has 0 amide bonds. The van der Waals surface area contributed by atoms with Crippen molar-refractivity contribution in [1.82, 2.24) is 0 Å². The van der Waals surface area contributed by atoms with Gasteiger partial charge in [-0.15, -0.1) is 0 Å². The Morgan fingerprint density at radius 1 is 1.20 bits per heavy atom. The molecule has 0 fully saturated rings. The molecule has 2 aromatic carbocycles. The first-order chi connectivity index (χ1) is 9.61. The van der Waals surface area contributed by atoms with Gasteiger partial charge in [-0.3, -0.25) is 0 Å². The molecule has 0 unspecified atom stereocenters. The molecule has 0 atom stereocenters. The van der Waals surface area contributed by atoms with E-state index in [4.69, 9.17) is 10.8 Å². The maximum atomic E-state index is 11.1. The Labute approximate surface area is 118 Å². The van der Waals surface area contributed by atoms with Gasteiger partial charge in [-0.05, 0) is 30.7 Å². The number of nitrogen functional groups attached to an aromatic ring is 1. The number of benzene rings is 2. The van der Waals surface area contributed by atoms with Gasteiger partial charge in [-0.2, -0.15) is 0 Å². The predicted octanol–water partition coefficient (Wildman–Crippen LogP) is 2.99. The molecule has 2 aromatic rings. The average Bonchev–Trinajstić information content (AvgIpc) is 2.46. The fraction of sp³-hybridized carbons (Fsp3) is 0.188. The van der Waals surface area contributed by atoms with Crippen LogP contribution in [0.5, 0.6) is 0 Å². The van der Waals surface area contributed by atoms with Crippen LogP contribution in [0.25, 0.3) is 0 Å². The zero-order chi connectivity index (χ0) is 14.5. The highest BCUT2D eigenvalue weighted by atomic mass is 16.4. The van der Waals surface area contributed by atoms with E-state index in [0.29, 0.717) is 0 Å². The molecular weight excluding hydrogens is 252 g/mol. The minimum absolute atomic E-state index is 0.147. The fourth-order valence-electron chi connectivity index (χ4n) is 2.12. The van der Waals surface area contributed by atoms with E-state index in [0.717, 1.165) is 18.8 Å². The third-order valence-corrected chi connectivity index (χ3v) is 3.23. The molecule has 0 radical (unpaired) electrons. The quantitative estimate of drug-likeness (QED) is 0.820. The van der Waals surface area contributed by atoms with E-state index in [-0.39, 0.29) is 11.3 Å². The van der Waals surface area contributed by atoms with E-state index in [2.05, 4.69) is 17.0 Å². The Balaban J connectivity index is 2.28. The summed E-state index contributed by atoms with van der Waals surface area (Å²) >= 11 is 0. The van der Waals surface area contributed by atoms with E-state index in [9.17, 15) is 4.79 Å². The van der Waals surface area contributed by atoms with Crippen molar-refractivity contribution in [3.05, 3.63) is 59.7 Å². The van der Waals surface area contributed by atoms with Gasteiger partial charge in [0, 0.05) is 24.5 Å². The highest BCUT2D eigenvalue weighted by Gasteiger charge is 2.12. The largest absolute Gasteiger partial charge is 0.478 e. The number of carboxylic acid groups (broad SMARTS) is 1. The lowest BCUT2D eigenvalue weighted by atomic mass is 10.1. The monoisotopic (exact) mass is 270 g/mol. The summed E-state index contributed by atoms with van der Waals surface area (Å²) in [6, 6.07) is 15.2. The maximum Gasteiger partial charge on any atom is 0.337 e. The first-order valence-electron chi connectivity index (χ1n) is 6.53. The standard InChI is InChI=1S/C16H18N2O2/c1-2-18(11-12-6-4-3-5-7-12)13-8-9-15(17)14(10-13)16(19)20/h3-10H,2,11,17H2,1H3,(H,19,20). The zero-order valence-electron chi connectivity index (χ0n) is 11.4. The van der Waals surface area contributed by atoms with Crippen LogP contribution in [0.4, 0.5) is 11.4 Å². The SMILES string of the molecule is CCN(Cc1ccccc1)c1ccc(N)c(C(=O)O)c1. The normalized spacial score (nSPS) is 10.2. The number of carbonyl (C=O) groups is 1. The third kappa shape index (κ3) is 3.09. The minimum Gasteiger partial charge on any atom is -0.478 e. The number of hydrogen-bond donors (Lipinski definition) is 2. The molecule has 0 aliphatic rings. The molecule has 104 valence electrons. The molecule has 0 aliphatic carbocycles. The van der Waals surface area contributed by atoms with Crippen molar-refractivity contribution >= 4 is 17.3 Å². The maximum absolute atomic E-state index is 11.1. The Morgan fingerprint density at radius 2 is 1.90 bits per heavy atom. The molecule has 0 spiro atoms. The Hall–Kier alpha value is -2.49. The number of nitrogens with zero attached hydrogens (tertiary/aromatic N) is 1. The fourth-order valence-corrected chi connectivity index (χ4v) is 2.12. The van der Waals surface area contributed by atoms with Gasteiger partial charge in [-0.25, -0.2) is 4.79 Å². The van der Waals surface area contributed by atoms with Crippen LogP contribution in [0.15, 0.2) is 48.5 Å². The lowest BCUT2D eigenvalue weighted by Gasteiger charge is -2.24. The van der Waals surface area contributed by atoms with E-state index in [1.54, 1.807) is 12.1 Å². The number of aromatic carboxylic acids is 1. The average molecular weight is 270 g/mol. The molecule has 0 heterocycles. The molecule has 0 bridgehead atoms. The molecule has 0 saturated heterocycles. The van der Waals surface area contributed by atoms with Gasteiger partial charge in [0.1, 0.15) is 0 Å². The van der Waals surface area contributed by atoms with Gasteiger partial charge in [0.25, 0.3) is 0 Å². The lowest BCUT2D eigenvalue weighted by molar-refractivity contribution is 0.0698. The first kappa shape index (κ1) is 13.9. The van der Waals surface area contributed by atoms with Crippen molar-refractivity contribution in [3.63, 3.8) is 0 Å². The van der Waals surface area contributed by atoms with Gasteiger partial charge in [0.15, 0.2) is 0 Å². The summed E-state index contributed by atoms with van der Waals surface area (Å²) in [5.74, 6) is -1.000. The van der Waals surface area contributed by atoms with Crippen molar-refractivity contribution in [3.8, 4) is 0 Å². The van der Waals surface area contributed by atoms with Gasteiger partial charge < -0.3 is 15.7 Å². The van der Waals surface area contributed by atoms with E-state index < -0.39 is 5.97 Å². The van der Waals surface area contributed by atoms with Crippen LogP contribution in [-0.4, -0.2) is 17.6 Å². The van der Waals surface area contributed by atoms with Crippen LogP contribution in [0.3, 0.4) is 0 Å². The lowest BCUT2D eigenvalue weighted by Crippen LogP contribution is -2.22. The van der Waals surface area contributed by atoms with Crippen LogP contribution in [0.1, 0.15) is 22.8 Å². The molecule has 0 saturated carbocycles. The molecule has 4 nitrogen and oxygen atoms in total. The number of rotatable bonds is 5. The molecular formula is C16H18N2O2. The van der Waals surface area contributed by atoms with Crippen LogP contribution < -0.4 is 10.6 Å².